The molecular formula is C12H23NO3. The van der Waals surface area contributed by atoms with Crippen molar-refractivity contribution >= 4 is 11.9 Å². The number of Topliss-reactive ketones (excluding diaryl/α,β-unsaturated/α-hetero) is 1. The molecule has 0 aromatic carbocycles. The molecule has 0 heterocycles. The topological polar surface area (TPSA) is 55.4 Å². The number of hydrogen-bond acceptors (Lipinski definition) is 3. The molecule has 1 amide bonds. The summed E-state index contributed by atoms with van der Waals surface area (Å²) in [6.45, 7) is 9.16. The van der Waals surface area contributed by atoms with E-state index in [-0.39, 0.29) is 5.78 Å². The van der Waals surface area contributed by atoms with Crippen molar-refractivity contribution in [2.75, 3.05) is 0 Å². The van der Waals surface area contributed by atoms with Gasteiger partial charge in [0.25, 0.3) is 0 Å². The first kappa shape index (κ1) is 14.9. The fourth-order valence-corrected chi connectivity index (χ4v) is 1.30. The maximum Gasteiger partial charge on any atom is 0.408 e. The average molecular weight is 229 g/mol. The van der Waals surface area contributed by atoms with E-state index in [4.69, 9.17) is 4.74 Å². The van der Waals surface area contributed by atoms with Gasteiger partial charge in [0.15, 0.2) is 5.78 Å². The zero-order valence-electron chi connectivity index (χ0n) is 10.9. The van der Waals surface area contributed by atoms with Crippen LogP contribution in [-0.2, 0) is 9.53 Å². The van der Waals surface area contributed by atoms with Crippen molar-refractivity contribution in [2.24, 2.45) is 0 Å². The van der Waals surface area contributed by atoms with E-state index in [0.29, 0.717) is 12.8 Å². The molecule has 4 nitrogen and oxygen atoms in total. The first-order chi connectivity index (χ1) is 7.30. The number of amides is 1. The lowest BCUT2D eigenvalue weighted by Crippen LogP contribution is -2.43. The fourth-order valence-electron chi connectivity index (χ4n) is 1.30. The predicted octanol–water partition coefficient (Wildman–Crippen LogP) is 2.66. The molecule has 1 N–H and O–H groups in total. The summed E-state index contributed by atoms with van der Waals surface area (Å²) in [6.07, 6.45) is 1.42. The van der Waals surface area contributed by atoms with Crippen LogP contribution in [-0.4, -0.2) is 23.5 Å². The van der Waals surface area contributed by atoms with E-state index in [1.165, 1.54) is 0 Å². The quantitative estimate of drug-likeness (QED) is 0.788. The maximum absolute atomic E-state index is 11.5. The highest BCUT2D eigenvalue weighted by atomic mass is 16.6. The summed E-state index contributed by atoms with van der Waals surface area (Å²) in [5.74, 6) is 0.0488. The number of ketones is 1. The summed E-state index contributed by atoms with van der Waals surface area (Å²) in [5, 5.41) is 2.61. The van der Waals surface area contributed by atoms with E-state index in [9.17, 15) is 9.59 Å². The lowest BCUT2D eigenvalue weighted by Gasteiger charge is -2.22. The van der Waals surface area contributed by atoms with Gasteiger partial charge in [-0.1, -0.05) is 20.3 Å². The Bertz CT molecular complexity index is 243. The van der Waals surface area contributed by atoms with Crippen LogP contribution < -0.4 is 5.32 Å². The molecule has 1 unspecified atom stereocenters. The van der Waals surface area contributed by atoms with Crippen LogP contribution in [0.4, 0.5) is 4.79 Å². The first-order valence-corrected chi connectivity index (χ1v) is 5.82. The second-order valence-electron chi connectivity index (χ2n) is 4.81. The van der Waals surface area contributed by atoms with Crippen LogP contribution in [0.15, 0.2) is 0 Å². The van der Waals surface area contributed by atoms with Gasteiger partial charge < -0.3 is 10.1 Å². The number of hydrogen-bond donors (Lipinski definition) is 1. The van der Waals surface area contributed by atoms with Gasteiger partial charge in [0.05, 0.1) is 6.04 Å². The summed E-state index contributed by atoms with van der Waals surface area (Å²) in [7, 11) is 0. The standard InChI is InChI=1S/C12H23NO3/c1-6-8-9(10(14)7-2)13-11(15)16-12(3,4)5/h9H,6-8H2,1-5H3,(H,13,15). The Morgan fingerprint density at radius 1 is 1.25 bits per heavy atom. The summed E-state index contributed by atoms with van der Waals surface area (Å²) in [6, 6.07) is -0.412. The molecule has 0 aromatic rings. The third-order valence-electron chi connectivity index (χ3n) is 2.01. The van der Waals surface area contributed by atoms with Crippen molar-refractivity contribution < 1.29 is 14.3 Å². The second-order valence-corrected chi connectivity index (χ2v) is 4.81. The van der Waals surface area contributed by atoms with E-state index >= 15 is 0 Å². The fraction of sp³-hybridized carbons (Fsp3) is 0.833. The molecule has 0 aliphatic carbocycles. The average Bonchev–Trinajstić information content (AvgIpc) is 2.13. The number of ether oxygens (including phenoxy) is 1. The lowest BCUT2D eigenvalue weighted by atomic mass is 10.1. The van der Waals surface area contributed by atoms with Crippen LogP contribution in [0.5, 0.6) is 0 Å². The molecule has 0 aromatic heterocycles. The lowest BCUT2D eigenvalue weighted by molar-refractivity contribution is -0.121. The molecule has 0 bridgehead atoms. The molecule has 94 valence electrons. The molecule has 0 spiro atoms. The second kappa shape index (κ2) is 6.51. The molecule has 1 atom stereocenters. The smallest absolute Gasteiger partial charge is 0.408 e. The summed E-state index contributed by atoms with van der Waals surface area (Å²) < 4.78 is 5.11. The number of carbonyl (C=O) groups is 2. The normalized spacial score (nSPS) is 13.1. The van der Waals surface area contributed by atoms with E-state index < -0.39 is 17.7 Å². The van der Waals surface area contributed by atoms with Crippen LogP contribution in [0, 0.1) is 0 Å². The first-order valence-electron chi connectivity index (χ1n) is 5.82. The van der Waals surface area contributed by atoms with E-state index in [1.54, 1.807) is 27.7 Å². The Kier molecular flexibility index (Phi) is 6.08. The molecule has 16 heavy (non-hydrogen) atoms. The SMILES string of the molecule is CCCC(NC(=O)OC(C)(C)C)C(=O)CC. The van der Waals surface area contributed by atoms with Crippen molar-refractivity contribution in [3.63, 3.8) is 0 Å². The zero-order chi connectivity index (χ0) is 12.8. The third kappa shape index (κ3) is 6.43. The van der Waals surface area contributed by atoms with Crippen molar-refractivity contribution in [3.8, 4) is 0 Å². The number of carbonyl (C=O) groups excluding carboxylic acids is 2. The van der Waals surface area contributed by atoms with Gasteiger partial charge in [0, 0.05) is 6.42 Å². The van der Waals surface area contributed by atoms with Crippen LogP contribution in [0.3, 0.4) is 0 Å². The molecule has 0 saturated heterocycles. The zero-order valence-corrected chi connectivity index (χ0v) is 10.9. The Balaban J connectivity index is 4.29. The molecule has 0 radical (unpaired) electrons. The number of alkyl carbamates (subject to hydrolysis) is 1. The van der Waals surface area contributed by atoms with Gasteiger partial charge in [-0.05, 0) is 27.2 Å². The minimum Gasteiger partial charge on any atom is -0.444 e. The molecule has 0 aliphatic heterocycles. The van der Waals surface area contributed by atoms with Gasteiger partial charge in [-0.25, -0.2) is 4.79 Å². The van der Waals surface area contributed by atoms with Gasteiger partial charge in [-0.2, -0.15) is 0 Å². The number of nitrogens with one attached hydrogen (secondary N) is 1. The Morgan fingerprint density at radius 2 is 1.81 bits per heavy atom. The molecule has 0 aliphatic rings. The van der Waals surface area contributed by atoms with E-state index in [2.05, 4.69) is 5.32 Å². The highest BCUT2D eigenvalue weighted by molar-refractivity contribution is 5.87. The monoisotopic (exact) mass is 229 g/mol. The largest absolute Gasteiger partial charge is 0.444 e. The summed E-state index contributed by atoms with van der Waals surface area (Å²) in [4.78, 5) is 23.0. The van der Waals surface area contributed by atoms with Crippen LogP contribution in [0.1, 0.15) is 53.9 Å². The highest BCUT2D eigenvalue weighted by Crippen LogP contribution is 2.08. The summed E-state index contributed by atoms with van der Waals surface area (Å²) in [5.41, 5.74) is -0.532. The van der Waals surface area contributed by atoms with Gasteiger partial charge in [-0.3, -0.25) is 4.79 Å². The number of rotatable bonds is 5. The van der Waals surface area contributed by atoms with E-state index in [1.807, 2.05) is 6.92 Å². The molecule has 4 heteroatoms. The molecule has 0 rings (SSSR count). The van der Waals surface area contributed by atoms with Crippen LogP contribution in [0.25, 0.3) is 0 Å². The summed E-state index contributed by atoms with van der Waals surface area (Å²) >= 11 is 0. The minimum absolute atomic E-state index is 0.0488. The third-order valence-corrected chi connectivity index (χ3v) is 2.01. The van der Waals surface area contributed by atoms with Crippen molar-refractivity contribution in [1.29, 1.82) is 0 Å². The molecular weight excluding hydrogens is 206 g/mol. The molecule has 0 saturated carbocycles. The Labute approximate surface area is 97.7 Å². The van der Waals surface area contributed by atoms with Crippen LogP contribution in [0.2, 0.25) is 0 Å². The highest BCUT2D eigenvalue weighted by Gasteiger charge is 2.22. The van der Waals surface area contributed by atoms with E-state index in [0.717, 1.165) is 6.42 Å². The van der Waals surface area contributed by atoms with Gasteiger partial charge in [0.1, 0.15) is 5.60 Å². The predicted molar refractivity (Wildman–Crippen MR) is 63.4 cm³/mol. The van der Waals surface area contributed by atoms with Gasteiger partial charge >= 0.3 is 6.09 Å². The maximum atomic E-state index is 11.5. The Morgan fingerprint density at radius 3 is 2.19 bits per heavy atom. The van der Waals surface area contributed by atoms with Crippen molar-refractivity contribution in [2.45, 2.75) is 65.5 Å². The van der Waals surface area contributed by atoms with Gasteiger partial charge in [-0.15, -0.1) is 0 Å². The Hall–Kier alpha value is -1.06. The minimum atomic E-state index is -0.532. The molecule has 0 fully saturated rings. The van der Waals surface area contributed by atoms with Crippen molar-refractivity contribution in [3.05, 3.63) is 0 Å². The van der Waals surface area contributed by atoms with Gasteiger partial charge in [0.2, 0.25) is 0 Å². The van der Waals surface area contributed by atoms with Crippen molar-refractivity contribution in [1.82, 2.24) is 5.32 Å². The van der Waals surface area contributed by atoms with Crippen LogP contribution >= 0.6 is 0 Å².